The SMILES string of the molecule is Cc1c(C(N)=O)nn(-c2ccc(Cl)cc2Cl)c1-c1ccc(OCc2ccccc2)cc1. The third kappa shape index (κ3) is 4.43. The van der Waals surface area contributed by atoms with Crippen molar-refractivity contribution in [1.82, 2.24) is 9.78 Å². The van der Waals surface area contributed by atoms with E-state index in [9.17, 15) is 4.79 Å². The van der Waals surface area contributed by atoms with E-state index >= 15 is 0 Å². The Hall–Kier alpha value is -3.28. The van der Waals surface area contributed by atoms with E-state index in [4.69, 9.17) is 33.7 Å². The summed E-state index contributed by atoms with van der Waals surface area (Å²) in [5.74, 6) is 0.126. The molecule has 0 aliphatic rings. The molecule has 4 rings (SSSR count). The fraction of sp³-hybridized carbons (Fsp3) is 0.0833. The second-order valence-electron chi connectivity index (χ2n) is 6.99. The number of nitrogens with two attached hydrogens (primary N) is 1. The molecule has 0 atom stereocenters. The summed E-state index contributed by atoms with van der Waals surface area (Å²) >= 11 is 12.4. The van der Waals surface area contributed by atoms with E-state index in [1.165, 1.54) is 0 Å². The molecule has 7 heteroatoms. The molecule has 2 N–H and O–H groups in total. The summed E-state index contributed by atoms with van der Waals surface area (Å²) in [7, 11) is 0. The van der Waals surface area contributed by atoms with Crippen LogP contribution < -0.4 is 10.5 Å². The first kappa shape index (κ1) is 21.0. The number of nitrogens with zero attached hydrogens (tertiary/aromatic N) is 2. The van der Waals surface area contributed by atoms with Crippen LogP contribution in [0.3, 0.4) is 0 Å². The van der Waals surface area contributed by atoms with Gasteiger partial charge in [-0.3, -0.25) is 4.79 Å². The minimum Gasteiger partial charge on any atom is -0.489 e. The van der Waals surface area contributed by atoms with E-state index in [2.05, 4.69) is 5.10 Å². The van der Waals surface area contributed by atoms with Crippen LogP contribution in [0.15, 0.2) is 72.8 Å². The third-order valence-electron chi connectivity index (χ3n) is 4.87. The fourth-order valence-corrected chi connectivity index (χ4v) is 3.83. The smallest absolute Gasteiger partial charge is 0.269 e. The second-order valence-corrected chi connectivity index (χ2v) is 7.84. The lowest BCUT2D eigenvalue weighted by atomic mass is 10.1. The van der Waals surface area contributed by atoms with Crippen LogP contribution in [0.2, 0.25) is 10.0 Å². The lowest BCUT2D eigenvalue weighted by molar-refractivity contribution is 0.0994. The average Bonchev–Trinajstić information content (AvgIpc) is 3.10. The summed E-state index contributed by atoms with van der Waals surface area (Å²) in [6, 6.07) is 22.6. The molecular weight excluding hydrogens is 433 g/mol. The zero-order valence-electron chi connectivity index (χ0n) is 16.7. The molecule has 31 heavy (non-hydrogen) atoms. The minimum atomic E-state index is -0.606. The van der Waals surface area contributed by atoms with Crippen molar-refractivity contribution in [3.63, 3.8) is 0 Å². The summed E-state index contributed by atoms with van der Waals surface area (Å²) < 4.78 is 7.49. The molecule has 5 nitrogen and oxygen atoms in total. The highest BCUT2D eigenvalue weighted by molar-refractivity contribution is 6.35. The van der Waals surface area contributed by atoms with Gasteiger partial charge in [-0.1, -0.05) is 53.5 Å². The molecule has 0 saturated heterocycles. The topological polar surface area (TPSA) is 70.1 Å². The van der Waals surface area contributed by atoms with Gasteiger partial charge in [0.25, 0.3) is 5.91 Å². The Balaban J connectivity index is 1.70. The Labute approximate surface area is 190 Å². The van der Waals surface area contributed by atoms with Crippen LogP contribution in [0, 0.1) is 6.92 Å². The Morgan fingerprint density at radius 3 is 2.39 bits per heavy atom. The highest BCUT2D eigenvalue weighted by atomic mass is 35.5. The molecule has 0 bridgehead atoms. The molecule has 0 aliphatic heterocycles. The molecule has 0 spiro atoms. The normalized spacial score (nSPS) is 10.8. The Bertz CT molecular complexity index is 1240. The number of aromatic nitrogens is 2. The molecule has 156 valence electrons. The predicted octanol–water partition coefficient (Wildman–Crippen LogP) is 5.83. The van der Waals surface area contributed by atoms with Gasteiger partial charge in [-0.15, -0.1) is 0 Å². The first-order chi connectivity index (χ1) is 14.9. The standard InChI is InChI=1S/C24H19Cl2N3O2/c1-15-22(24(27)30)28-29(21-12-9-18(25)13-20(21)26)23(15)17-7-10-19(11-8-17)31-14-16-5-3-2-4-6-16/h2-13H,14H2,1H3,(H2,27,30). The maximum Gasteiger partial charge on any atom is 0.269 e. The first-order valence-electron chi connectivity index (χ1n) is 9.56. The Kier molecular flexibility index (Phi) is 5.98. The fourth-order valence-electron chi connectivity index (χ4n) is 3.35. The minimum absolute atomic E-state index is 0.186. The van der Waals surface area contributed by atoms with Gasteiger partial charge < -0.3 is 10.5 Å². The number of rotatable bonds is 6. The van der Waals surface area contributed by atoms with Gasteiger partial charge in [0.1, 0.15) is 12.4 Å². The number of ether oxygens (including phenoxy) is 1. The molecular formula is C24H19Cl2N3O2. The summed E-state index contributed by atoms with van der Waals surface area (Å²) in [6.45, 7) is 2.28. The second kappa shape index (κ2) is 8.84. The predicted molar refractivity (Wildman–Crippen MR) is 123 cm³/mol. The quantitative estimate of drug-likeness (QED) is 0.400. The van der Waals surface area contributed by atoms with Crippen molar-refractivity contribution in [2.45, 2.75) is 13.5 Å². The number of hydrogen-bond donors (Lipinski definition) is 1. The zero-order valence-corrected chi connectivity index (χ0v) is 18.2. The molecule has 0 aliphatic carbocycles. The molecule has 0 fully saturated rings. The van der Waals surface area contributed by atoms with Gasteiger partial charge in [-0.25, -0.2) is 4.68 Å². The molecule has 4 aromatic rings. The van der Waals surface area contributed by atoms with Crippen molar-refractivity contribution in [2.24, 2.45) is 5.73 Å². The Morgan fingerprint density at radius 2 is 1.74 bits per heavy atom. The maximum atomic E-state index is 11.9. The van der Waals surface area contributed by atoms with Crippen molar-refractivity contribution < 1.29 is 9.53 Å². The van der Waals surface area contributed by atoms with E-state index in [1.54, 1.807) is 22.9 Å². The van der Waals surface area contributed by atoms with Gasteiger partial charge >= 0.3 is 0 Å². The van der Waals surface area contributed by atoms with Gasteiger partial charge in [0.05, 0.1) is 16.4 Å². The lowest BCUT2D eigenvalue weighted by Crippen LogP contribution is -2.13. The van der Waals surface area contributed by atoms with Crippen LogP contribution in [0.4, 0.5) is 0 Å². The van der Waals surface area contributed by atoms with Gasteiger partial charge in [0.15, 0.2) is 5.69 Å². The van der Waals surface area contributed by atoms with E-state index in [0.29, 0.717) is 33.6 Å². The van der Waals surface area contributed by atoms with Gasteiger partial charge in [-0.2, -0.15) is 5.10 Å². The molecule has 1 amide bonds. The third-order valence-corrected chi connectivity index (χ3v) is 5.41. The summed E-state index contributed by atoms with van der Waals surface area (Å²) in [4.78, 5) is 11.9. The number of amides is 1. The number of primary amides is 1. The first-order valence-corrected chi connectivity index (χ1v) is 10.3. The molecule has 3 aromatic carbocycles. The molecule has 0 saturated carbocycles. The van der Waals surface area contributed by atoms with E-state index in [-0.39, 0.29) is 5.69 Å². The monoisotopic (exact) mass is 451 g/mol. The van der Waals surface area contributed by atoms with Crippen molar-refractivity contribution in [2.75, 3.05) is 0 Å². The average molecular weight is 452 g/mol. The lowest BCUT2D eigenvalue weighted by Gasteiger charge is -2.12. The van der Waals surface area contributed by atoms with Crippen molar-refractivity contribution >= 4 is 29.1 Å². The van der Waals surface area contributed by atoms with E-state index in [0.717, 1.165) is 16.9 Å². The number of carbonyl (C=O) groups is 1. The van der Waals surface area contributed by atoms with Crippen molar-refractivity contribution in [3.8, 4) is 22.7 Å². The number of benzene rings is 3. The molecule has 1 heterocycles. The van der Waals surface area contributed by atoms with Gasteiger partial charge in [-0.05, 0) is 55.0 Å². The van der Waals surface area contributed by atoms with Crippen LogP contribution in [0.1, 0.15) is 21.6 Å². The highest BCUT2D eigenvalue weighted by Gasteiger charge is 2.21. The summed E-state index contributed by atoms with van der Waals surface area (Å²) in [5, 5.41) is 5.35. The van der Waals surface area contributed by atoms with Crippen LogP contribution >= 0.6 is 23.2 Å². The summed E-state index contributed by atoms with van der Waals surface area (Å²) in [5.41, 5.74) is 9.64. The molecule has 1 aromatic heterocycles. The number of carbonyl (C=O) groups excluding carboxylic acids is 1. The van der Waals surface area contributed by atoms with Gasteiger partial charge in [0, 0.05) is 16.1 Å². The number of halogens is 2. The Morgan fingerprint density at radius 1 is 1.03 bits per heavy atom. The zero-order chi connectivity index (χ0) is 22.0. The van der Waals surface area contributed by atoms with Crippen LogP contribution in [0.25, 0.3) is 16.9 Å². The highest BCUT2D eigenvalue weighted by Crippen LogP contribution is 2.33. The molecule has 0 unspecified atom stereocenters. The van der Waals surface area contributed by atoms with E-state index < -0.39 is 5.91 Å². The number of hydrogen-bond acceptors (Lipinski definition) is 3. The van der Waals surface area contributed by atoms with Crippen molar-refractivity contribution in [3.05, 3.63) is 99.7 Å². The van der Waals surface area contributed by atoms with Gasteiger partial charge in [0.2, 0.25) is 0 Å². The van der Waals surface area contributed by atoms with Crippen molar-refractivity contribution in [1.29, 1.82) is 0 Å². The largest absolute Gasteiger partial charge is 0.489 e. The van der Waals surface area contributed by atoms with Crippen LogP contribution in [-0.2, 0) is 6.61 Å². The molecule has 0 radical (unpaired) electrons. The van der Waals surface area contributed by atoms with Crippen LogP contribution in [-0.4, -0.2) is 15.7 Å². The maximum absolute atomic E-state index is 11.9. The van der Waals surface area contributed by atoms with Crippen LogP contribution in [0.5, 0.6) is 5.75 Å². The van der Waals surface area contributed by atoms with E-state index in [1.807, 2.05) is 61.5 Å². The summed E-state index contributed by atoms with van der Waals surface area (Å²) in [6.07, 6.45) is 0.